The van der Waals surface area contributed by atoms with Crippen LogP contribution in [0, 0.1) is 5.92 Å². The van der Waals surface area contributed by atoms with E-state index in [0.29, 0.717) is 12.8 Å². The fourth-order valence-corrected chi connectivity index (χ4v) is 6.10. The molecular formula is C37H54N10O7. The Morgan fingerprint density at radius 1 is 0.815 bits per heavy atom. The highest BCUT2D eigenvalue weighted by Crippen LogP contribution is 2.20. The summed E-state index contributed by atoms with van der Waals surface area (Å²) < 4.78 is 0. The van der Waals surface area contributed by atoms with Crippen molar-refractivity contribution in [2.75, 3.05) is 13.1 Å². The molecule has 17 heteroatoms. The predicted molar refractivity (Wildman–Crippen MR) is 202 cm³/mol. The first-order valence-corrected chi connectivity index (χ1v) is 18.0. The zero-order chi connectivity index (χ0) is 39.9. The molecule has 0 aliphatic carbocycles. The highest BCUT2D eigenvalue weighted by Gasteiger charge is 2.38. The molecule has 3 rings (SSSR count). The first-order chi connectivity index (χ1) is 25.6. The van der Waals surface area contributed by atoms with E-state index in [1.807, 2.05) is 6.07 Å². The SMILES string of the molecule is CC(NC(=O)C(N)Cc1ccc(O)cc1)C(=O)N1CCCC1C(=O)NC(CCCN=C(N)N)C(=O)NC(Cc1ccccc1)C(=O)NC(C(N)=O)C(C)C. The third kappa shape index (κ3) is 13.1. The smallest absolute Gasteiger partial charge is 0.245 e. The quantitative estimate of drug-likeness (QED) is 0.0462. The Morgan fingerprint density at radius 2 is 1.44 bits per heavy atom. The molecule has 54 heavy (non-hydrogen) atoms. The van der Waals surface area contributed by atoms with Gasteiger partial charge in [0.15, 0.2) is 5.96 Å². The predicted octanol–water partition coefficient (Wildman–Crippen LogP) is -1.35. The molecule has 6 amide bonds. The summed E-state index contributed by atoms with van der Waals surface area (Å²) in [7, 11) is 0. The first-order valence-electron chi connectivity index (χ1n) is 18.0. The number of hydrogen-bond donors (Lipinski definition) is 9. The normalized spacial score (nSPS) is 16.6. The van der Waals surface area contributed by atoms with Gasteiger partial charge in [0, 0.05) is 19.5 Å². The Hall–Kier alpha value is -5.71. The van der Waals surface area contributed by atoms with Crippen LogP contribution in [0.5, 0.6) is 5.75 Å². The molecule has 1 heterocycles. The molecule has 1 aliphatic heterocycles. The van der Waals surface area contributed by atoms with Crippen LogP contribution in [0.3, 0.4) is 0 Å². The summed E-state index contributed by atoms with van der Waals surface area (Å²) in [4.78, 5) is 85.1. The van der Waals surface area contributed by atoms with Crippen LogP contribution >= 0.6 is 0 Å². The first kappa shape index (κ1) is 42.7. The van der Waals surface area contributed by atoms with Crippen LogP contribution in [0.4, 0.5) is 0 Å². The number of hydrogen-bond acceptors (Lipinski definition) is 9. The maximum absolute atomic E-state index is 13.9. The summed E-state index contributed by atoms with van der Waals surface area (Å²) in [6.07, 6.45) is 1.42. The molecule has 6 atom stereocenters. The molecule has 17 nitrogen and oxygen atoms in total. The van der Waals surface area contributed by atoms with Gasteiger partial charge >= 0.3 is 0 Å². The van der Waals surface area contributed by atoms with Crippen LogP contribution in [0.25, 0.3) is 0 Å². The fraction of sp³-hybridized carbons (Fsp3) is 0.486. The van der Waals surface area contributed by atoms with Gasteiger partial charge in [0.2, 0.25) is 35.4 Å². The molecule has 1 saturated heterocycles. The van der Waals surface area contributed by atoms with E-state index in [4.69, 9.17) is 22.9 Å². The van der Waals surface area contributed by atoms with Crippen molar-refractivity contribution in [1.29, 1.82) is 0 Å². The van der Waals surface area contributed by atoms with Gasteiger partial charge in [-0.3, -0.25) is 33.8 Å². The number of phenolic OH excluding ortho intramolecular Hbond substituents is 1. The molecule has 1 fully saturated rings. The van der Waals surface area contributed by atoms with Gasteiger partial charge in [-0.05, 0) is 68.2 Å². The molecule has 0 radical (unpaired) electrons. The number of carbonyl (C=O) groups is 6. The molecule has 2 aromatic carbocycles. The third-order valence-electron chi connectivity index (χ3n) is 9.06. The number of nitrogens with one attached hydrogen (secondary N) is 4. The summed E-state index contributed by atoms with van der Waals surface area (Å²) in [6, 6.07) is 8.97. The highest BCUT2D eigenvalue weighted by atomic mass is 16.3. The van der Waals surface area contributed by atoms with Gasteiger partial charge in [-0.1, -0.05) is 56.3 Å². The second-order valence-corrected chi connectivity index (χ2v) is 13.8. The second-order valence-electron chi connectivity index (χ2n) is 13.8. The van der Waals surface area contributed by atoms with Gasteiger partial charge in [-0.25, -0.2) is 0 Å². The minimum absolute atomic E-state index is 0.0732. The number of amides is 6. The van der Waals surface area contributed by atoms with E-state index in [-0.39, 0.29) is 56.4 Å². The Kier molecular flexibility index (Phi) is 16.2. The van der Waals surface area contributed by atoms with Gasteiger partial charge in [-0.2, -0.15) is 0 Å². The van der Waals surface area contributed by atoms with Crippen LogP contribution < -0.4 is 44.2 Å². The average molecular weight is 751 g/mol. The lowest BCUT2D eigenvalue weighted by Crippen LogP contribution is -2.59. The molecule has 1 aliphatic rings. The highest BCUT2D eigenvalue weighted by molar-refractivity contribution is 5.97. The minimum Gasteiger partial charge on any atom is -0.508 e. The Bertz CT molecular complexity index is 1630. The summed E-state index contributed by atoms with van der Waals surface area (Å²) in [5.74, 6) is -4.09. The molecule has 294 valence electrons. The largest absolute Gasteiger partial charge is 0.508 e. The zero-order valence-electron chi connectivity index (χ0n) is 31.0. The maximum Gasteiger partial charge on any atom is 0.245 e. The topological polar surface area (TPSA) is 290 Å². The average Bonchev–Trinajstić information content (AvgIpc) is 3.62. The van der Waals surface area contributed by atoms with Crippen molar-refractivity contribution in [1.82, 2.24) is 26.2 Å². The minimum atomic E-state index is -1.16. The number of aliphatic imine (C=N–C) groups is 1. The molecule has 0 spiro atoms. The molecule has 13 N–H and O–H groups in total. The van der Waals surface area contributed by atoms with E-state index in [9.17, 15) is 33.9 Å². The summed E-state index contributed by atoms with van der Waals surface area (Å²) in [5.41, 5.74) is 24.0. The Labute approximate surface area is 315 Å². The van der Waals surface area contributed by atoms with Gasteiger partial charge in [-0.15, -0.1) is 0 Å². The van der Waals surface area contributed by atoms with Crippen molar-refractivity contribution in [2.24, 2.45) is 33.8 Å². The van der Waals surface area contributed by atoms with Crippen molar-refractivity contribution in [3.05, 3.63) is 65.7 Å². The monoisotopic (exact) mass is 750 g/mol. The van der Waals surface area contributed by atoms with Gasteiger partial charge < -0.3 is 54.2 Å². The van der Waals surface area contributed by atoms with E-state index in [1.165, 1.54) is 24.0 Å². The lowest BCUT2D eigenvalue weighted by molar-refractivity contribution is -0.142. The molecule has 0 saturated carbocycles. The zero-order valence-corrected chi connectivity index (χ0v) is 31.0. The van der Waals surface area contributed by atoms with E-state index in [0.717, 1.165) is 11.1 Å². The number of rotatable bonds is 19. The number of nitrogens with two attached hydrogens (primary N) is 4. The number of carbonyl (C=O) groups excluding carboxylic acids is 6. The maximum atomic E-state index is 13.9. The lowest BCUT2D eigenvalue weighted by atomic mass is 10.0. The van der Waals surface area contributed by atoms with E-state index in [1.54, 1.807) is 50.2 Å². The lowest BCUT2D eigenvalue weighted by Gasteiger charge is -2.29. The van der Waals surface area contributed by atoms with Crippen molar-refractivity contribution >= 4 is 41.4 Å². The van der Waals surface area contributed by atoms with Crippen LogP contribution in [0.2, 0.25) is 0 Å². The number of phenols is 1. The van der Waals surface area contributed by atoms with Crippen molar-refractivity contribution in [3.8, 4) is 5.75 Å². The second kappa shape index (κ2) is 20.5. The van der Waals surface area contributed by atoms with Crippen LogP contribution in [-0.2, 0) is 41.6 Å². The number of nitrogens with zero attached hydrogens (tertiary/aromatic N) is 2. The Morgan fingerprint density at radius 3 is 2.06 bits per heavy atom. The standard InChI is InChI=1S/C37H54N10O7/c1-21(2)30(31(39)49)46-34(52)28(20-23-9-5-4-6-10-23)45-33(51)27(11-7-17-42-37(40)41)44-35(53)29-12-8-18-47(29)36(54)22(3)43-32(50)26(38)19-24-13-15-25(48)16-14-24/h4-6,9-10,13-16,21-22,26-30,48H,7-8,11-12,17-20,38H2,1-3H3,(H2,39,49)(H,43,50)(H,44,53)(H,45,51)(H,46,52)(H4,40,41,42). The van der Waals surface area contributed by atoms with Gasteiger partial charge in [0.25, 0.3) is 0 Å². The summed E-state index contributed by atoms with van der Waals surface area (Å²) in [5, 5.41) is 20.3. The van der Waals surface area contributed by atoms with E-state index < -0.39 is 71.7 Å². The Balaban J connectivity index is 1.75. The van der Waals surface area contributed by atoms with Crippen molar-refractivity contribution < 1.29 is 33.9 Å². The molecule has 6 unspecified atom stereocenters. The van der Waals surface area contributed by atoms with Crippen molar-refractivity contribution in [2.45, 2.75) is 95.5 Å². The molecule has 0 bridgehead atoms. The molecule has 2 aromatic rings. The van der Waals surface area contributed by atoms with Gasteiger partial charge in [0.05, 0.1) is 6.04 Å². The van der Waals surface area contributed by atoms with Crippen LogP contribution in [-0.4, -0.2) is 101 Å². The number of aromatic hydroxyl groups is 1. The van der Waals surface area contributed by atoms with Gasteiger partial charge in [0.1, 0.15) is 36.0 Å². The van der Waals surface area contributed by atoms with Crippen LogP contribution in [0.15, 0.2) is 59.6 Å². The summed E-state index contributed by atoms with van der Waals surface area (Å²) in [6.45, 7) is 5.35. The molecule has 0 aromatic heterocycles. The number of benzene rings is 2. The summed E-state index contributed by atoms with van der Waals surface area (Å²) >= 11 is 0. The van der Waals surface area contributed by atoms with E-state index in [2.05, 4.69) is 26.3 Å². The van der Waals surface area contributed by atoms with Crippen molar-refractivity contribution in [3.63, 3.8) is 0 Å². The number of likely N-dealkylation sites (tertiary alicyclic amines) is 1. The molecular weight excluding hydrogens is 696 g/mol. The fourth-order valence-electron chi connectivity index (χ4n) is 6.10. The van der Waals surface area contributed by atoms with Crippen LogP contribution in [0.1, 0.15) is 57.6 Å². The van der Waals surface area contributed by atoms with E-state index >= 15 is 0 Å². The number of primary amides is 1. The third-order valence-corrected chi connectivity index (χ3v) is 9.06. The number of guanidine groups is 1.